The van der Waals surface area contributed by atoms with E-state index >= 15 is 0 Å². The van der Waals surface area contributed by atoms with Crippen LogP contribution in [0.5, 0.6) is 11.5 Å². The molecule has 1 aromatic carbocycles. The van der Waals surface area contributed by atoms with Crippen molar-refractivity contribution in [1.82, 2.24) is 0 Å². The second-order valence-electron chi connectivity index (χ2n) is 6.55. The van der Waals surface area contributed by atoms with Crippen molar-refractivity contribution in [2.75, 3.05) is 25.1 Å². The minimum absolute atomic E-state index is 0.0328. The van der Waals surface area contributed by atoms with Gasteiger partial charge in [0.05, 0.1) is 18.8 Å². The highest BCUT2D eigenvalue weighted by molar-refractivity contribution is 6.22. The van der Waals surface area contributed by atoms with E-state index in [9.17, 15) is 4.79 Å². The molecule has 2 aliphatic heterocycles. The smallest absolute Gasteiger partial charge is 0.260 e. The van der Waals surface area contributed by atoms with Gasteiger partial charge in [0.1, 0.15) is 0 Å². The lowest BCUT2D eigenvalue weighted by atomic mass is 10.1. The third-order valence-corrected chi connectivity index (χ3v) is 5.02. The summed E-state index contributed by atoms with van der Waals surface area (Å²) in [5.41, 5.74) is 2.80. The number of rotatable bonds is 4. The Labute approximate surface area is 142 Å². The number of hydrogen-bond donors (Lipinski definition) is 0. The molecule has 0 atom stereocenters. The molecule has 0 spiro atoms. The molecule has 2 heterocycles. The van der Waals surface area contributed by atoms with Crippen LogP contribution < -0.4 is 14.4 Å². The molecule has 24 heavy (non-hydrogen) atoms. The third kappa shape index (κ3) is 2.68. The van der Waals surface area contributed by atoms with Crippen LogP contribution in [-0.4, -0.2) is 38.4 Å². The van der Waals surface area contributed by atoms with Crippen LogP contribution in [0.15, 0.2) is 34.3 Å². The first-order valence-electron chi connectivity index (χ1n) is 8.64. The highest BCUT2D eigenvalue weighted by atomic mass is 16.5. The number of nitrogens with zero attached hydrogens (tertiary/aromatic N) is 2. The summed E-state index contributed by atoms with van der Waals surface area (Å²) < 4.78 is 11.6. The fourth-order valence-corrected chi connectivity index (χ4v) is 3.68. The van der Waals surface area contributed by atoms with Crippen molar-refractivity contribution in [2.24, 2.45) is 4.99 Å². The number of amides is 1. The average Bonchev–Trinajstić information content (AvgIpc) is 3.23. The Morgan fingerprint density at radius 2 is 2.04 bits per heavy atom. The van der Waals surface area contributed by atoms with Gasteiger partial charge in [-0.05, 0) is 49.8 Å². The van der Waals surface area contributed by atoms with E-state index in [2.05, 4.69) is 4.99 Å². The second-order valence-corrected chi connectivity index (χ2v) is 6.55. The van der Waals surface area contributed by atoms with E-state index < -0.39 is 0 Å². The van der Waals surface area contributed by atoms with Gasteiger partial charge in [0.25, 0.3) is 5.91 Å². The topological polar surface area (TPSA) is 51.1 Å². The number of hydrogen-bond acceptors (Lipinski definition) is 4. The van der Waals surface area contributed by atoms with Crippen molar-refractivity contribution < 1.29 is 14.3 Å². The molecule has 1 aromatic rings. The van der Waals surface area contributed by atoms with Crippen molar-refractivity contribution in [3.63, 3.8) is 0 Å². The van der Waals surface area contributed by atoms with Gasteiger partial charge in [-0.25, -0.2) is 0 Å². The molecule has 5 heteroatoms. The maximum Gasteiger partial charge on any atom is 0.260 e. The number of methoxy groups -OCH3 is 1. The number of aliphatic imine (C=N–C) groups is 1. The lowest BCUT2D eigenvalue weighted by Gasteiger charge is -2.21. The van der Waals surface area contributed by atoms with E-state index in [1.54, 1.807) is 13.3 Å². The lowest BCUT2D eigenvalue weighted by molar-refractivity contribution is -0.114. The van der Waals surface area contributed by atoms with Gasteiger partial charge in [-0.1, -0.05) is 0 Å². The Kier molecular flexibility index (Phi) is 4.00. The fraction of sp³-hybridized carbons (Fsp3) is 0.474. The van der Waals surface area contributed by atoms with Gasteiger partial charge in [-0.2, -0.15) is 0 Å². The summed E-state index contributed by atoms with van der Waals surface area (Å²) in [6, 6.07) is 5.75. The molecule has 1 saturated carbocycles. The molecule has 4 rings (SSSR count). The molecule has 126 valence electrons. The molecular formula is C19H22N2O3. The van der Waals surface area contributed by atoms with Crippen LogP contribution in [0.4, 0.5) is 5.69 Å². The molecule has 0 unspecified atom stereocenters. The molecule has 0 saturated heterocycles. The van der Waals surface area contributed by atoms with E-state index in [4.69, 9.17) is 9.47 Å². The van der Waals surface area contributed by atoms with Gasteiger partial charge in [0.2, 0.25) is 0 Å². The third-order valence-electron chi connectivity index (χ3n) is 5.02. The van der Waals surface area contributed by atoms with Crippen molar-refractivity contribution in [3.05, 3.63) is 29.3 Å². The number of dihydropyridines is 1. The van der Waals surface area contributed by atoms with E-state index in [0.29, 0.717) is 6.54 Å². The Bertz CT molecular complexity index is 717. The molecule has 0 N–H and O–H groups in total. The Balaban J connectivity index is 1.59. The predicted molar refractivity (Wildman–Crippen MR) is 93.2 cm³/mol. The average molecular weight is 326 g/mol. The van der Waals surface area contributed by atoms with E-state index in [1.807, 2.05) is 23.1 Å². The summed E-state index contributed by atoms with van der Waals surface area (Å²) >= 11 is 0. The summed E-state index contributed by atoms with van der Waals surface area (Å²) in [4.78, 5) is 18.7. The highest BCUT2D eigenvalue weighted by Gasteiger charge is 2.31. The van der Waals surface area contributed by atoms with Crippen LogP contribution in [0.3, 0.4) is 0 Å². The molecular weight excluding hydrogens is 304 g/mol. The number of ether oxygens (including phenoxy) is 2. The lowest BCUT2D eigenvalue weighted by Crippen LogP contribution is -2.27. The summed E-state index contributed by atoms with van der Waals surface area (Å²) in [5.74, 6) is 1.48. The van der Waals surface area contributed by atoms with Crippen molar-refractivity contribution in [2.45, 2.75) is 38.2 Å². The zero-order valence-corrected chi connectivity index (χ0v) is 14.0. The quantitative estimate of drug-likeness (QED) is 0.854. The van der Waals surface area contributed by atoms with Crippen LogP contribution in [0.25, 0.3) is 0 Å². The molecule has 0 bridgehead atoms. The van der Waals surface area contributed by atoms with Gasteiger partial charge in [-0.15, -0.1) is 0 Å². The number of carbonyl (C=O) groups is 1. The van der Waals surface area contributed by atoms with Crippen LogP contribution in [0, 0.1) is 0 Å². The second kappa shape index (κ2) is 6.30. The predicted octanol–water partition coefficient (Wildman–Crippen LogP) is 3.13. The number of anilines is 1. The molecule has 3 aliphatic rings. The van der Waals surface area contributed by atoms with E-state index in [0.717, 1.165) is 48.6 Å². The maximum absolute atomic E-state index is 12.7. The van der Waals surface area contributed by atoms with Gasteiger partial charge in [0.15, 0.2) is 11.5 Å². The Morgan fingerprint density at radius 3 is 2.79 bits per heavy atom. The van der Waals surface area contributed by atoms with Crippen molar-refractivity contribution in [3.8, 4) is 11.5 Å². The van der Waals surface area contributed by atoms with Crippen molar-refractivity contribution in [1.29, 1.82) is 0 Å². The van der Waals surface area contributed by atoms with Crippen LogP contribution in [0.1, 0.15) is 32.1 Å². The van der Waals surface area contributed by atoms with Gasteiger partial charge in [-0.3, -0.25) is 9.79 Å². The maximum atomic E-state index is 12.7. The van der Waals surface area contributed by atoms with E-state index in [-0.39, 0.29) is 12.0 Å². The SMILES string of the molecule is COc1ccc(N2CC3=C(C=NCC3)C2=O)cc1OC1CCCC1. The number of carbonyl (C=O) groups excluding carboxylic acids is 1. The first-order valence-corrected chi connectivity index (χ1v) is 8.64. The van der Waals surface area contributed by atoms with E-state index in [1.165, 1.54) is 18.4 Å². The van der Waals surface area contributed by atoms with Crippen LogP contribution in [-0.2, 0) is 4.79 Å². The zero-order valence-electron chi connectivity index (χ0n) is 14.0. The molecule has 0 radical (unpaired) electrons. The minimum Gasteiger partial charge on any atom is -0.493 e. The molecule has 1 amide bonds. The molecule has 1 fully saturated rings. The fourth-order valence-electron chi connectivity index (χ4n) is 3.68. The number of benzene rings is 1. The first kappa shape index (κ1) is 15.2. The minimum atomic E-state index is 0.0328. The normalized spacial score (nSPS) is 20.7. The van der Waals surface area contributed by atoms with Gasteiger partial charge in [0, 0.05) is 31.1 Å². The standard InChI is InChI=1S/C19H22N2O3/c1-23-17-7-6-14(10-18(17)24-15-4-2-3-5-15)21-12-13-8-9-20-11-16(13)19(21)22/h6-7,10-11,15H,2-5,8-9,12H2,1H3. The Morgan fingerprint density at radius 1 is 1.21 bits per heavy atom. The summed E-state index contributed by atoms with van der Waals surface area (Å²) in [7, 11) is 1.65. The van der Waals surface area contributed by atoms with Crippen LogP contribution >= 0.6 is 0 Å². The summed E-state index contributed by atoms with van der Waals surface area (Å²) in [6.45, 7) is 1.42. The van der Waals surface area contributed by atoms with Crippen molar-refractivity contribution >= 4 is 17.8 Å². The summed E-state index contributed by atoms with van der Waals surface area (Å²) in [6.07, 6.45) is 7.45. The summed E-state index contributed by atoms with van der Waals surface area (Å²) in [5, 5.41) is 0. The zero-order chi connectivity index (χ0) is 16.5. The Hall–Kier alpha value is -2.30. The largest absolute Gasteiger partial charge is 0.493 e. The molecule has 5 nitrogen and oxygen atoms in total. The first-order chi connectivity index (χ1) is 11.8. The molecule has 0 aromatic heterocycles. The van der Waals surface area contributed by atoms with Gasteiger partial charge >= 0.3 is 0 Å². The highest BCUT2D eigenvalue weighted by Crippen LogP contribution is 2.37. The molecule has 1 aliphatic carbocycles. The van der Waals surface area contributed by atoms with Gasteiger partial charge < -0.3 is 14.4 Å². The monoisotopic (exact) mass is 326 g/mol. The van der Waals surface area contributed by atoms with Crippen LogP contribution in [0.2, 0.25) is 0 Å².